The van der Waals surface area contributed by atoms with Gasteiger partial charge in [0, 0.05) is 15.5 Å². The molecule has 1 N–H and O–H groups in total. The molecule has 1 unspecified atom stereocenters. The van der Waals surface area contributed by atoms with Gasteiger partial charge in [-0.05, 0) is 33.9 Å². The Kier molecular flexibility index (Phi) is 3.05. The summed E-state index contributed by atoms with van der Waals surface area (Å²) in [6.07, 6.45) is 0.455. The number of carbonyl (C=O) groups excluding carboxylic acids is 1. The van der Waals surface area contributed by atoms with Crippen LogP contribution >= 0.6 is 27.5 Å². The number of nitrogens with one attached hydrogen (secondary N) is 1. The molecule has 3 rings (SSSR count). The third kappa shape index (κ3) is 1.86. The average molecular weight is 357 g/mol. The van der Waals surface area contributed by atoms with E-state index in [4.69, 9.17) is 11.6 Å². The Balaban J connectivity index is 1.97. The highest BCUT2D eigenvalue weighted by Crippen LogP contribution is 2.74. The molecule has 1 amide bonds. The minimum atomic E-state index is 0.0476. The lowest BCUT2D eigenvalue weighted by Crippen LogP contribution is -2.03. The molecule has 2 aliphatic rings. The van der Waals surface area contributed by atoms with Gasteiger partial charge < -0.3 is 5.32 Å². The molecule has 1 fully saturated rings. The van der Waals surface area contributed by atoms with Gasteiger partial charge in [0.25, 0.3) is 0 Å². The van der Waals surface area contributed by atoms with Crippen molar-refractivity contribution in [2.24, 2.45) is 16.7 Å². The number of anilines is 1. The topological polar surface area (TPSA) is 29.1 Å². The number of carbonyl (C=O) groups is 1. The maximum absolute atomic E-state index is 11.5. The lowest BCUT2D eigenvalue weighted by Gasteiger charge is -2.16. The van der Waals surface area contributed by atoms with E-state index >= 15 is 0 Å². The summed E-state index contributed by atoms with van der Waals surface area (Å²) >= 11 is 10.3. The van der Waals surface area contributed by atoms with Gasteiger partial charge in [0.1, 0.15) is 0 Å². The van der Waals surface area contributed by atoms with Crippen molar-refractivity contribution in [3.8, 4) is 0 Å². The molecule has 1 heterocycles. The van der Waals surface area contributed by atoms with Crippen LogP contribution in [0.25, 0.3) is 0 Å². The molecule has 1 saturated carbocycles. The van der Waals surface area contributed by atoms with Crippen LogP contribution in [0.15, 0.2) is 12.1 Å². The summed E-state index contributed by atoms with van der Waals surface area (Å²) in [5.74, 6) is 0.585. The van der Waals surface area contributed by atoms with E-state index in [2.05, 4.69) is 55.0 Å². The van der Waals surface area contributed by atoms with Crippen LogP contribution < -0.4 is 5.32 Å². The highest BCUT2D eigenvalue weighted by Gasteiger charge is 2.67. The molecular formula is C16H19BrClNO. The van der Waals surface area contributed by atoms with Gasteiger partial charge in [-0.15, -0.1) is 0 Å². The van der Waals surface area contributed by atoms with Crippen LogP contribution in [0.1, 0.15) is 43.6 Å². The first-order chi connectivity index (χ1) is 9.16. The van der Waals surface area contributed by atoms with Crippen molar-refractivity contribution in [1.82, 2.24) is 0 Å². The molecule has 0 spiro atoms. The number of benzene rings is 1. The van der Waals surface area contributed by atoms with Crippen molar-refractivity contribution >= 4 is 39.1 Å². The molecule has 4 heteroatoms. The number of amides is 1. The summed E-state index contributed by atoms with van der Waals surface area (Å²) in [7, 11) is 0. The van der Waals surface area contributed by atoms with E-state index in [1.165, 1.54) is 0 Å². The van der Waals surface area contributed by atoms with Crippen LogP contribution in [0.3, 0.4) is 0 Å². The fraction of sp³-hybridized carbons (Fsp3) is 0.562. The summed E-state index contributed by atoms with van der Waals surface area (Å²) < 4.78 is 0. The SMILES string of the molecule is CC1(C)C(C(Br)c2cc3c(cc2Cl)NC(=O)C3)C1(C)C. The first-order valence-electron chi connectivity index (χ1n) is 6.92. The van der Waals surface area contributed by atoms with Gasteiger partial charge in [0.05, 0.1) is 6.42 Å². The Hall–Kier alpha value is -0.540. The first kappa shape index (κ1) is 14.4. The minimum absolute atomic E-state index is 0.0476. The van der Waals surface area contributed by atoms with Crippen molar-refractivity contribution in [1.29, 1.82) is 0 Å². The van der Waals surface area contributed by atoms with Crippen LogP contribution in [-0.2, 0) is 11.2 Å². The van der Waals surface area contributed by atoms with Gasteiger partial charge in [-0.2, -0.15) is 0 Å². The number of alkyl halides is 1. The summed E-state index contributed by atoms with van der Waals surface area (Å²) in [6.45, 7) is 9.22. The maximum Gasteiger partial charge on any atom is 0.228 e. The Bertz CT molecular complexity index is 595. The van der Waals surface area contributed by atoms with E-state index in [0.717, 1.165) is 21.8 Å². The summed E-state index contributed by atoms with van der Waals surface area (Å²) in [4.78, 5) is 11.7. The van der Waals surface area contributed by atoms with Crippen LogP contribution in [0.4, 0.5) is 5.69 Å². The molecule has 20 heavy (non-hydrogen) atoms. The van der Waals surface area contributed by atoms with E-state index in [-0.39, 0.29) is 21.6 Å². The van der Waals surface area contributed by atoms with Crippen LogP contribution in [0.2, 0.25) is 5.02 Å². The molecule has 1 atom stereocenters. The quantitative estimate of drug-likeness (QED) is 0.746. The van der Waals surface area contributed by atoms with Crippen molar-refractivity contribution < 1.29 is 4.79 Å². The first-order valence-corrected chi connectivity index (χ1v) is 8.22. The predicted molar refractivity (Wildman–Crippen MR) is 86.5 cm³/mol. The van der Waals surface area contributed by atoms with E-state index in [9.17, 15) is 4.79 Å². The van der Waals surface area contributed by atoms with Gasteiger partial charge in [-0.1, -0.05) is 61.3 Å². The van der Waals surface area contributed by atoms with Gasteiger partial charge in [-0.3, -0.25) is 4.79 Å². The third-order valence-corrected chi connectivity index (χ3v) is 6.92. The molecule has 0 bridgehead atoms. The second-order valence-electron chi connectivity index (χ2n) is 7.08. The Morgan fingerprint density at radius 1 is 1.30 bits per heavy atom. The molecule has 108 valence electrons. The zero-order valence-corrected chi connectivity index (χ0v) is 14.5. The smallest absolute Gasteiger partial charge is 0.228 e. The number of hydrogen-bond donors (Lipinski definition) is 1. The van der Waals surface area contributed by atoms with Crippen molar-refractivity contribution in [3.05, 3.63) is 28.3 Å². The highest BCUT2D eigenvalue weighted by molar-refractivity contribution is 9.09. The Labute approximate surface area is 133 Å². The van der Waals surface area contributed by atoms with E-state index in [0.29, 0.717) is 12.3 Å². The molecule has 0 aromatic heterocycles. The number of hydrogen-bond acceptors (Lipinski definition) is 1. The van der Waals surface area contributed by atoms with Crippen LogP contribution in [0, 0.1) is 16.7 Å². The maximum atomic E-state index is 11.5. The Morgan fingerprint density at radius 3 is 2.45 bits per heavy atom. The molecular weight excluding hydrogens is 338 g/mol. The molecule has 1 aromatic carbocycles. The molecule has 2 nitrogen and oxygen atoms in total. The van der Waals surface area contributed by atoms with Crippen molar-refractivity contribution in [3.63, 3.8) is 0 Å². The molecule has 1 aliphatic carbocycles. The van der Waals surface area contributed by atoms with Crippen LogP contribution in [-0.4, -0.2) is 5.91 Å². The lowest BCUT2D eigenvalue weighted by atomic mass is 9.99. The molecule has 1 aromatic rings. The Morgan fingerprint density at radius 2 is 1.90 bits per heavy atom. The summed E-state index contributed by atoms with van der Waals surface area (Å²) in [6, 6.07) is 3.97. The van der Waals surface area contributed by atoms with E-state index < -0.39 is 0 Å². The fourth-order valence-corrected chi connectivity index (χ4v) is 5.75. The lowest BCUT2D eigenvalue weighted by molar-refractivity contribution is -0.115. The van der Waals surface area contributed by atoms with Gasteiger partial charge >= 0.3 is 0 Å². The van der Waals surface area contributed by atoms with Gasteiger partial charge in [0.2, 0.25) is 5.91 Å². The summed E-state index contributed by atoms with van der Waals surface area (Å²) in [5.41, 5.74) is 3.59. The molecule has 1 aliphatic heterocycles. The highest BCUT2D eigenvalue weighted by atomic mass is 79.9. The van der Waals surface area contributed by atoms with Crippen molar-refractivity contribution in [2.45, 2.75) is 38.9 Å². The zero-order valence-electron chi connectivity index (χ0n) is 12.2. The minimum Gasteiger partial charge on any atom is -0.325 e. The second kappa shape index (κ2) is 4.23. The van der Waals surface area contributed by atoms with E-state index in [1.807, 2.05) is 6.07 Å². The van der Waals surface area contributed by atoms with Crippen LogP contribution in [0.5, 0.6) is 0 Å². The van der Waals surface area contributed by atoms with Crippen molar-refractivity contribution in [2.75, 3.05) is 5.32 Å². The van der Waals surface area contributed by atoms with E-state index in [1.54, 1.807) is 0 Å². The third-order valence-electron chi connectivity index (χ3n) is 5.57. The van der Waals surface area contributed by atoms with Gasteiger partial charge in [0.15, 0.2) is 0 Å². The fourth-order valence-electron chi connectivity index (χ4n) is 3.64. The normalized spacial score (nSPS) is 24.2. The predicted octanol–water partition coefficient (Wildman–Crippen LogP) is 4.95. The molecule has 0 saturated heterocycles. The second-order valence-corrected chi connectivity index (χ2v) is 8.47. The summed E-state index contributed by atoms with van der Waals surface area (Å²) in [5, 5.41) is 3.57. The number of rotatable bonds is 2. The van der Waals surface area contributed by atoms with Gasteiger partial charge in [-0.25, -0.2) is 0 Å². The zero-order chi connectivity index (χ0) is 14.9. The number of halogens is 2. The largest absolute Gasteiger partial charge is 0.325 e. The number of fused-ring (bicyclic) bond motifs is 1. The molecule has 0 radical (unpaired) electrons. The monoisotopic (exact) mass is 355 g/mol. The average Bonchev–Trinajstić information content (AvgIpc) is 2.60. The standard InChI is InChI=1S/C16H19BrClNO/c1-15(2)14(16(15,3)4)13(17)9-5-8-6-12(20)19-11(8)7-10(9)18/h5,7,13-14H,6H2,1-4H3,(H,19,20).